The SMILES string of the molecule is C=C/C(F)=C(Cl)\C=C(/C)C(=O)CNC1CCN(C(C)C)CC1. The Morgan fingerprint density at radius 1 is 1.45 bits per heavy atom. The highest BCUT2D eigenvalue weighted by Crippen LogP contribution is 2.16. The quantitative estimate of drug-likeness (QED) is 0.573. The second-order valence-corrected chi connectivity index (χ2v) is 6.34. The third kappa shape index (κ3) is 6.03. The van der Waals surface area contributed by atoms with Crippen molar-refractivity contribution in [3.63, 3.8) is 0 Å². The molecular weight excluding hydrogens is 303 g/mol. The van der Waals surface area contributed by atoms with E-state index in [0.29, 0.717) is 17.7 Å². The Bertz CT molecular complexity index is 463. The van der Waals surface area contributed by atoms with E-state index in [4.69, 9.17) is 11.6 Å². The number of ketones is 1. The fourth-order valence-electron chi connectivity index (χ4n) is 2.43. The number of hydrogen-bond donors (Lipinski definition) is 1. The molecule has 0 bridgehead atoms. The Hall–Kier alpha value is -0.970. The van der Waals surface area contributed by atoms with E-state index in [9.17, 15) is 9.18 Å². The Morgan fingerprint density at radius 3 is 2.55 bits per heavy atom. The molecule has 22 heavy (non-hydrogen) atoms. The molecule has 1 heterocycles. The Labute approximate surface area is 137 Å². The number of rotatable bonds is 7. The molecule has 0 aromatic heterocycles. The number of carbonyl (C=O) groups excluding carboxylic acids is 1. The maximum atomic E-state index is 13.2. The molecule has 0 amide bonds. The lowest BCUT2D eigenvalue weighted by Crippen LogP contribution is -2.46. The van der Waals surface area contributed by atoms with Crippen molar-refractivity contribution >= 4 is 17.4 Å². The average molecular weight is 329 g/mol. The van der Waals surface area contributed by atoms with Gasteiger partial charge in [-0.2, -0.15) is 0 Å². The second kappa shape index (κ2) is 9.23. The number of likely N-dealkylation sites (tertiary alicyclic amines) is 1. The zero-order chi connectivity index (χ0) is 16.7. The largest absolute Gasteiger partial charge is 0.307 e. The minimum absolute atomic E-state index is 0.0682. The van der Waals surface area contributed by atoms with Gasteiger partial charge in [0.2, 0.25) is 0 Å². The third-order valence-corrected chi connectivity index (χ3v) is 4.29. The molecule has 0 unspecified atom stereocenters. The highest BCUT2D eigenvalue weighted by Gasteiger charge is 2.21. The Morgan fingerprint density at radius 2 is 2.05 bits per heavy atom. The predicted octanol–water partition coefficient (Wildman–Crippen LogP) is 3.57. The molecule has 0 aromatic carbocycles. The predicted molar refractivity (Wildman–Crippen MR) is 90.7 cm³/mol. The summed E-state index contributed by atoms with van der Waals surface area (Å²) >= 11 is 5.74. The lowest BCUT2D eigenvalue weighted by atomic mass is 10.0. The summed E-state index contributed by atoms with van der Waals surface area (Å²) in [7, 11) is 0. The van der Waals surface area contributed by atoms with Gasteiger partial charge < -0.3 is 10.2 Å². The van der Waals surface area contributed by atoms with Crippen LogP contribution in [-0.4, -0.2) is 42.4 Å². The number of nitrogens with zero attached hydrogens (tertiary/aromatic N) is 1. The van der Waals surface area contributed by atoms with Crippen LogP contribution in [0.1, 0.15) is 33.6 Å². The normalized spacial score (nSPS) is 19.3. The van der Waals surface area contributed by atoms with E-state index in [2.05, 4.69) is 30.6 Å². The van der Waals surface area contributed by atoms with Crippen LogP contribution >= 0.6 is 11.6 Å². The molecule has 1 aliphatic rings. The summed E-state index contributed by atoms with van der Waals surface area (Å²) in [5, 5.41) is 3.20. The number of Topliss-reactive ketones (excluding diaryl/α,β-unsaturated/α-hetero) is 1. The lowest BCUT2D eigenvalue weighted by molar-refractivity contribution is -0.114. The van der Waals surface area contributed by atoms with Gasteiger partial charge in [0.15, 0.2) is 5.78 Å². The van der Waals surface area contributed by atoms with Crippen molar-refractivity contribution < 1.29 is 9.18 Å². The molecule has 124 valence electrons. The fourth-order valence-corrected chi connectivity index (χ4v) is 2.67. The molecule has 1 rings (SSSR count). The summed E-state index contributed by atoms with van der Waals surface area (Å²) in [6.07, 6.45) is 4.46. The summed E-state index contributed by atoms with van der Waals surface area (Å²) in [5.74, 6) is -0.691. The molecular formula is C17H26ClFN2O. The van der Waals surface area contributed by atoms with E-state index in [1.165, 1.54) is 6.08 Å². The van der Waals surface area contributed by atoms with E-state index in [1.807, 2.05) is 0 Å². The molecule has 0 atom stereocenters. The summed E-state index contributed by atoms with van der Waals surface area (Å²) in [6, 6.07) is 0.934. The highest BCUT2D eigenvalue weighted by atomic mass is 35.5. The van der Waals surface area contributed by atoms with Crippen LogP contribution in [0.3, 0.4) is 0 Å². The van der Waals surface area contributed by atoms with Gasteiger partial charge in [-0.3, -0.25) is 4.79 Å². The minimum atomic E-state index is -0.622. The minimum Gasteiger partial charge on any atom is -0.307 e. The third-order valence-electron chi connectivity index (χ3n) is 4.00. The van der Waals surface area contributed by atoms with Gasteiger partial charge >= 0.3 is 0 Å². The molecule has 0 aromatic rings. The molecule has 3 nitrogen and oxygen atoms in total. The van der Waals surface area contributed by atoms with Crippen LogP contribution in [0.25, 0.3) is 0 Å². The number of piperidine rings is 1. The van der Waals surface area contributed by atoms with Gasteiger partial charge in [-0.05, 0) is 64.4 Å². The van der Waals surface area contributed by atoms with E-state index in [0.717, 1.165) is 32.0 Å². The number of halogens is 2. The van der Waals surface area contributed by atoms with Crippen molar-refractivity contribution in [2.24, 2.45) is 0 Å². The van der Waals surface area contributed by atoms with Crippen LogP contribution in [0.4, 0.5) is 4.39 Å². The van der Waals surface area contributed by atoms with Crippen molar-refractivity contribution in [1.82, 2.24) is 10.2 Å². The second-order valence-electron chi connectivity index (χ2n) is 5.94. The smallest absolute Gasteiger partial charge is 0.172 e. The van der Waals surface area contributed by atoms with Crippen LogP contribution in [0.15, 0.2) is 35.2 Å². The van der Waals surface area contributed by atoms with Crippen molar-refractivity contribution in [1.29, 1.82) is 0 Å². The van der Waals surface area contributed by atoms with Crippen LogP contribution in [0, 0.1) is 0 Å². The van der Waals surface area contributed by atoms with Gasteiger partial charge in [0, 0.05) is 12.1 Å². The van der Waals surface area contributed by atoms with Crippen LogP contribution in [0.2, 0.25) is 0 Å². The first-order valence-electron chi connectivity index (χ1n) is 7.71. The molecule has 1 N–H and O–H groups in total. The van der Waals surface area contributed by atoms with Crippen LogP contribution in [0.5, 0.6) is 0 Å². The fraction of sp³-hybridized carbons (Fsp3) is 0.588. The summed E-state index contributed by atoms with van der Waals surface area (Å²) in [6.45, 7) is 11.7. The van der Waals surface area contributed by atoms with E-state index < -0.39 is 5.83 Å². The zero-order valence-corrected chi connectivity index (χ0v) is 14.4. The lowest BCUT2D eigenvalue weighted by Gasteiger charge is -2.34. The van der Waals surface area contributed by atoms with Gasteiger partial charge in [-0.15, -0.1) is 0 Å². The summed E-state index contributed by atoms with van der Waals surface area (Å²) in [4.78, 5) is 14.5. The Kier molecular flexibility index (Phi) is 8.01. The van der Waals surface area contributed by atoms with Gasteiger partial charge in [0.1, 0.15) is 5.83 Å². The molecule has 0 saturated carbocycles. The standard InChI is InChI=1S/C17H26ClFN2O/c1-5-16(19)15(18)10-13(4)17(22)11-20-14-6-8-21(9-7-14)12(2)3/h5,10,12,14,20H,1,6-9,11H2,2-4H3/b13-10+,16-15-. The topological polar surface area (TPSA) is 32.3 Å². The molecule has 0 spiro atoms. The molecule has 1 aliphatic heterocycles. The number of allylic oxidation sites excluding steroid dienone is 4. The summed E-state index contributed by atoms with van der Waals surface area (Å²) < 4.78 is 13.2. The van der Waals surface area contributed by atoms with Gasteiger partial charge in [0.05, 0.1) is 11.6 Å². The Balaban J connectivity index is 2.44. The first-order chi connectivity index (χ1) is 10.3. The van der Waals surface area contributed by atoms with Gasteiger partial charge in [-0.1, -0.05) is 18.2 Å². The van der Waals surface area contributed by atoms with Gasteiger partial charge in [0.25, 0.3) is 0 Å². The first kappa shape index (κ1) is 19.1. The highest BCUT2D eigenvalue weighted by molar-refractivity contribution is 6.32. The average Bonchev–Trinajstić information content (AvgIpc) is 2.51. The summed E-state index contributed by atoms with van der Waals surface area (Å²) in [5.41, 5.74) is 0.439. The maximum absolute atomic E-state index is 13.2. The zero-order valence-electron chi connectivity index (χ0n) is 13.7. The van der Waals surface area contributed by atoms with Crippen molar-refractivity contribution in [3.05, 3.63) is 35.2 Å². The van der Waals surface area contributed by atoms with E-state index in [1.54, 1.807) is 6.92 Å². The molecule has 5 heteroatoms. The van der Waals surface area contributed by atoms with Crippen LogP contribution in [-0.2, 0) is 4.79 Å². The van der Waals surface area contributed by atoms with Crippen molar-refractivity contribution in [2.45, 2.75) is 45.7 Å². The number of hydrogen-bond acceptors (Lipinski definition) is 3. The maximum Gasteiger partial charge on any atom is 0.172 e. The number of carbonyl (C=O) groups is 1. The molecule has 1 fully saturated rings. The van der Waals surface area contributed by atoms with Crippen LogP contribution < -0.4 is 5.32 Å². The molecule has 1 saturated heterocycles. The van der Waals surface area contributed by atoms with Crippen molar-refractivity contribution in [2.75, 3.05) is 19.6 Å². The monoisotopic (exact) mass is 328 g/mol. The molecule has 0 aliphatic carbocycles. The first-order valence-corrected chi connectivity index (χ1v) is 8.09. The molecule has 0 radical (unpaired) electrons. The van der Waals surface area contributed by atoms with Gasteiger partial charge in [-0.25, -0.2) is 4.39 Å². The van der Waals surface area contributed by atoms with E-state index >= 15 is 0 Å². The van der Waals surface area contributed by atoms with Crippen molar-refractivity contribution in [3.8, 4) is 0 Å². The number of nitrogens with one attached hydrogen (secondary N) is 1. The van der Waals surface area contributed by atoms with E-state index in [-0.39, 0.29) is 17.4 Å².